The molecule has 0 saturated heterocycles. The normalized spacial score (nSPS) is 10.8. The van der Waals surface area contributed by atoms with Gasteiger partial charge in [0.2, 0.25) is 0 Å². The lowest BCUT2D eigenvalue weighted by atomic mass is 10.2. The monoisotopic (exact) mass is 409 g/mol. The van der Waals surface area contributed by atoms with Gasteiger partial charge in [0.1, 0.15) is 5.56 Å². The molecule has 0 atom stereocenters. The number of amides is 1. The first-order valence-electron chi connectivity index (χ1n) is 7.96. The van der Waals surface area contributed by atoms with Gasteiger partial charge in [-0.15, -0.1) is 0 Å². The van der Waals surface area contributed by atoms with E-state index in [0.29, 0.717) is 6.54 Å². The van der Waals surface area contributed by atoms with Gasteiger partial charge in [0.05, 0.1) is 12.8 Å². The van der Waals surface area contributed by atoms with Crippen LogP contribution >= 0.6 is 15.9 Å². The summed E-state index contributed by atoms with van der Waals surface area (Å²) in [5.74, 6) is -0.536. The van der Waals surface area contributed by atoms with Gasteiger partial charge in [0.25, 0.3) is 11.5 Å². The van der Waals surface area contributed by atoms with Crippen LogP contribution < -0.4 is 11.0 Å². The Bertz CT molecular complexity index is 980. The lowest BCUT2D eigenvalue weighted by Crippen LogP contribution is -2.30. The van der Waals surface area contributed by atoms with Crippen LogP contribution in [0.5, 0.6) is 0 Å². The number of rotatable bonds is 5. The number of hydrogen-bond donors (Lipinski definition) is 1. The first-order chi connectivity index (χ1) is 12.6. The number of carbonyl (C=O) groups excluding carboxylic acids is 1. The Hall–Kier alpha value is -2.99. The van der Waals surface area contributed by atoms with E-state index in [1.807, 2.05) is 54.6 Å². The molecule has 3 rings (SSSR count). The highest BCUT2D eigenvalue weighted by atomic mass is 79.9. The number of hydrogen-bond acceptors (Lipinski definition) is 3. The summed E-state index contributed by atoms with van der Waals surface area (Å²) in [6, 6.07) is 20.2. The lowest BCUT2D eigenvalue weighted by molar-refractivity contribution is 0.0953. The molecule has 0 aliphatic rings. The first kappa shape index (κ1) is 17.8. The van der Waals surface area contributed by atoms with E-state index >= 15 is 0 Å². The fourth-order valence-corrected chi connectivity index (χ4v) is 2.65. The van der Waals surface area contributed by atoms with E-state index in [0.717, 1.165) is 15.6 Å². The van der Waals surface area contributed by atoms with Crippen molar-refractivity contribution in [3.63, 3.8) is 0 Å². The van der Waals surface area contributed by atoms with E-state index in [1.165, 1.54) is 16.8 Å². The highest BCUT2D eigenvalue weighted by molar-refractivity contribution is 9.10. The minimum absolute atomic E-state index is 0.0522. The third-order valence-corrected chi connectivity index (χ3v) is 4.24. The maximum Gasteiger partial charge on any atom is 0.276 e. The molecule has 5 nitrogen and oxygen atoms in total. The Morgan fingerprint density at radius 3 is 2.50 bits per heavy atom. The van der Waals surface area contributed by atoms with Gasteiger partial charge in [-0.25, -0.2) is 5.43 Å². The summed E-state index contributed by atoms with van der Waals surface area (Å²) in [6.45, 7) is 0.406. The van der Waals surface area contributed by atoms with Crippen molar-refractivity contribution in [2.24, 2.45) is 5.10 Å². The summed E-state index contributed by atoms with van der Waals surface area (Å²) in [7, 11) is 0. The van der Waals surface area contributed by atoms with E-state index < -0.39 is 5.91 Å². The minimum atomic E-state index is -0.536. The largest absolute Gasteiger partial charge is 0.310 e. The number of hydrazone groups is 1. The molecule has 0 aliphatic carbocycles. The molecule has 26 heavy (non-hydrogen) atoms. The van der Waals surface area contributed by atoms with E-state index in [1.54, 1.807) is 12.3 Å². The summed E-state index contributed by atoms with van der Waals surface area (Å²) in [5, 5.41) is 3.91. The highest BCUT2D eigenvalue weighted by Gasteiger charge is 2.11. The van der Waals surface area contributed by atoms with E-state index in [-0.39, 0.29) is 11.1 Å². The van der Waals surface area contributed by atoms with Crippen molar-refractivity contribution >= 4 is 28.1 Å². The SMILES string of the molecule is O=C(N/N=C\c1ccc(Br)cc1)c1cccn(Cc2ccccc2)c1=O. The number of nitrogens with zero attached hydrogens (tertiary/aromatic N) is 2. The quantitative estimate of drug-likeness (QED) is 0.518. The van der Waals surface area contributed by atoms with Gasteiger partial charge in [0.15, 0.2) is 0 Å². The molecule has 1 amide bonds. The second-order valence-electron chi connectivity index (χ2n) is 5.59. The summed E-state index contributed by atoms with van der Waals surface area (Å²) >= 11 is 3.35. The Balaban J connectivity index is 1.72. The Morgan fingerprint density at radius 2 is 1.77 bits per heavy atom. The van der Waals surface area contributed by atoms with Gasteiger partial charge in [-0.3, -0.25) is 9.59 Å². The lowest BCUT2D eigenvalue weighted by Gasteiger charge is -2.07. The minimum Gasteiger partial charge on any atom is -0.310 e. The van der Waals surface area contributed by atoms with Crippen molar-refractivity contribution in [1.29, 1.82) is 0 Å². The van der Waals surface area contributed by atoms with E-state index in [4.69, 9.17) is 0 Å². The standard InChI is InChI=1S/C20H16BrN3O2/c21-17-10-8-15(9-11-17)13-22-23-19(25)18-7-4-12-24(20(18)26)14-16-5-2-1-3-6-16/h1-13H,14H2,(H,23,25)/b22-13-. The van der Waals surface area contributed by atoms with Gasteiger partial charge in [-0.05, 0) is 35.4 Å². The molecule has 2 aromatic carbocycles. The molecule has 3 aromatic rings. The van der Waals surface area contributed by atoms with E-state index in [9.17, 15) is 9.59 Å². The zero-order valence-electron chi connectivity index (χ0n) is 13.8. The molecule has 0 aliphatic heterocycles. The number of halogens is 1. The van der Waals surface area contributed by atoms with Crippen molar-refractivity contribution in [2.45, 2.75) is 6.54 Å². The molecule has 0 saturated carbocycles. The first-order valence-corrected chi connectivity index (χ1v) is 8.75. The zero-order valence-corrected chi connectivity index (χ0v) is 15.4. The van der Waals surface area contributed by atoms with Crippen LogP contribution in [0.1, 0.15) is 21.5 Å². The second-order valence-corrected chi connectivity index (χ2v) is 6.51. The predicted molar refractivity (Wildman–Crippen MR) is 105 cm³/mol. The van der Waals surface area contributed by atoms with Gasteiger partial charge in [-0.2, -0.15) is 5.10 Å². The number of benzene rings is 2. The Morgan fingerprint density at radius 1 is 1.04 bits per heavy atom. The van der Waals surface area contributed by atoms with Crippen LogP contribution in [-0.4, -0.2) is 16.7 Å². The Kier molecular flexibility index (Phi) is 5.76. The molecule has 0 unspecified atom stereocenters. The predicted octanol–water partition coefficient (Wildman–Crippen LogP) is 3.42. The number of carbonyl (C=O) groups is 1. The highest BCUT2D eigenvalue weighted by Crippen LogP contribution is 2.09. The Labute approximate surface area is 159 Å². The number of nitrogens with one attached hydrogen (secondary N) is 1. The average molecular weight is 410 g/mol. The maximum absolute atomic E-state index is 12.5. The second kappa shape index (κ2) is 8.40. The van der Waals surface area contributed by atoms with Crippen LogP contribution in [0, 0.1) is 0 Å². The fraction of sp³-hybridized carbons (Fsp3) is 0.0500. The summed E-state index contributed by atoms with van der Waals surface area (Å²) in [4.78, 5) is 24.8. The smallest absolute Gasteiger partial charge is 0.276 e. The van der Waals surface area contributed by atoms with Gasteiger partial charge < -0.3 is 4.57 Å². The third kappa shape index (κ3) is 4.55. The van der Waals surface area contributed by atoms with Crippen LogP contribution in [0.4, 0.5) is 0 Å². The van der Waals surface area contributed by atoms with Crippen molar-refractivity contribution < 1.29 is 4.79 Å². The van der Waals surface area contributed by atoms with Crippen molar-refractivity contribution in [3.05, 3.63) is 104 Å². The van der Waals surface area contributed by atoms with Gasteiger partial charge in [-0.1, -0.05) is 58.4 Å². The molecule has 6 heteroatoms. The molecule has 0 spiro atoms. The maximum atomic E-state index is 12.5. The molecule has 0 radical (unpaired) electrons. The molecule has 130 valence electrons. The van der Waals surface area contributed by atoms with Crippen molar-refractivity contribution in [1.82, 2.24) is 9.99 Å². The van der Waals surface area contributed by atoms with Crippen molar-refractivity contribution in [2.75, 3.05) is 0 Å². The summed E-state index contributed by atoms with van der Waals surface area (Å²) < 4.78 is 2.46. The topological polar surface area (TPSA) is 63.5 Å². The van der Waals surface area contributed by atoms with Crippen LogP contribution in [0.3, 0.4) is 0 Å². The van der Waals surface area contributed by atoms with Crippen LogP contribution in [0.15, 0.2) is 87.3 Å². The molecule has 0 bridgehead atoms. The van der Waals surface area contributed by atoms with Gasteiger partial charge >= 0.3 is 0 Å². The molecular weight excluding hydrogens is 394 g/mol. The van der Waals surface area contributed by atoms with Gasteiger partial charge in [0, 0.05) is 10.7 Å². The molecule has 0 fully saturated rings. The molecular formula is C20H16BrN3O2. The molecule has 1 N–H and O–H groups in total. The third-order valence-electron chi connectivity index (χ3n) is 3.71. The molecule has 1 heterocycles. The number of aromatic nitrogens is 1. The van der Waals surface area contributed by atoms with Crippen LogP contribution in [0.2, 0.25) is 0 Å². The van der Waals surface area contributed by atoms with Crippen molar-refractivity contribution in [3.8, 4) is 0 Å². The van der Waals surface area contributed by atoms with Crippen LogP contribution in [-0.2, 0) is 6.54 Å². The van der Waals surface area contributed by atoms with Crippen LogP contribution in [0.25, 0.3) is 0 Å². The summed E-state index contributed by atoms with van der Waals surface area (Å²) in [5.41, 5.74) is 3.92. The summed E-state index contributed by atoms with van der Waals surface area (Å²) in [6.07, 6.45) is 3.19. The fourth-order valence-electron chi connectivity index (χ4n) is 2.39. The molecule has 1 aromatic heterocycles. The zero-order chi connectivity index (χ0) is 18.4. The average Bonchev–Trinajstić information content (AvgIpc) is 2.66. The van der Waals surface area contributed by atoms with E-state index in [2.05, 4.69) is 26.5 Å². The number of pyridine rings is 1.